The van der Waals surface area contributed by atoms with E-state index in [9.17, 15) is 4.79 Å². The lowest BCUT2D eigenvalue weighted by Gasteiger charge is -2.20. The third-order valence-electron chi connectivity index (χ3n) is 2.75. The first kappa shape index (κ1) is 15.4. The van der Waals surface area contributed by atoms with E-state index in [1.54, 1.807) is 14.0 Å². The molecule has 1 rings (SSSR count). The number of oxime groups is 1. The summed E-state index contributed by atoms with van der Waals surface area (Å²) in [6.45, 7) is 4.19. The summed E-state index contributed by atoms with van der Waals surface area (Å²) in [5.74, 6) is -0.235. The Morgan fingerprint density at radius 1 is 1.63 bits per heavy atom. The molecular weight excluding hydrogens is 266 g/mol. The minimum atomic E-state index is -0.213. The second-order valence-corrected chi connectivity index (χ2v) is 5.16. The van der Waals surface area contributed by atoms with Gasteiger partial charge in [0.25, 0.3) is 5.91 Å². The quantitative estimate of drug-likeness (QED) is 0.350. The Morgan fingerprint density at radius 3 is 2.89 bits per heavy atom. The van der Waals surface area contributed by atoms with Gasteiger partial charge in [-0.25, -0.2) is 0 Å². The van der Waals surface area contributed by atoms with Crippen LogP contribution in [0.4, 0.5) is 0 Å². The van der Waals surface area contributed by atoms with Crippen LogP contribution in [-0.4, -0.2) is 45.0 Å². The number of amidine groups is 1. The molecular formula is C11H19N5O2S. The molecule has 1 heterocycles. The van der Waals surface area contributed by atoms with Crippen molar-refractivity contribution in [1.82, 2.24) is 14.5 Å². The summed E-state index contributed by atoms with van der Waals surface area (Å²) in [6, 6.07) is 0. The van der Waals surface area contributed by atoms with Crippen LogP contribution in [-0.2, 0) is 6.42 Å². The molecule has 0 aliphatic carbocycles. The fourth-order valence-corrected chi connectivity index (χ4v) is 2.33. The predicted molar refractivity (Wildman–Crippen MR) is 73.4 cm³/mol. The van der Waals surface area contributed by atoms with E-state index in [0.29, 0.717) is 11.4 Å². The normalized spacial score (nSPS) is 13.3. The molecule has 1 unspecified atom stereocenters. The summed E-state index contributed by atoms with van der Waals surface area (Å²) >= 11 is 1.10. The number of nitrogens with two attached hydrogens (primary N) is 1. The van der Waals surface area contributed by atoms with E-state index in [1.165, 1.54) is 4.90 Å². The summed E-state index contributed by atoms with van der Waals surface area (Å²) in [5, 5.41) is 15.5. The fourth-order valence-electron chi connectivity index (χ4n) is 1.63. The SMILES string of the molecule is CCCc1nnsc1C(=O)N(C)CC(C)C(N)=NO. The van der Waals surface area contributed by atoms with Gasteiger partial charge in [0.1, 0.15) is 10.7 Å². The standard InChI is InChI=1S/C11H19N5O2S/c1-4-5-8-9(19-15-13-8)11(17)16(3)6-7(2)10(12)14-18/h7,18H,4-6H2,1-3H3,(H2,12,14). The van der Waals surface area contributed by atoms with Crippen LogP contribution in [0.3, 0.4) is 0 Å². The van der Waals surface area contributed by atoms with Crippen LogP contribution in [0.2, 0.25) is 0 Å². The second kappa shape index (κ2) is 7.03. The van der Waals surface area contributed by atoms with E-state index >= 15 is 0 Å². The zero-order valence-electron chi connectivity index (χ0n) is 11.3. The number of aryl methyl sites for hydroxylation is 1. The summed E-state index contributed by atoms with van der Waals surface area (Å²) < 4.78 is 3.83. The summed E-state index contributed by atoms with van der Waals surface area (Å²) in [4.78, 5) is 14.4. The number of aromatic nitrogens is 2. The highest BCUT2D eigenvalue weighted by Crippen LogP contribution is 2.15. The molecule has 3 N–H and O–H groups in total. The lowest BCUT2D eigenvalue weighted by Crippen LogP contribution is -2.36. The van der Waals surface area contributed by atoms with Crippen molar-refractivity contribution in [3.05, 3.63) is 10.6 Å². The number of carbonyl (C=O) groups is 1. The molecule has 8 heteroatoms. The Kier molecular flexibility index (Phi) is 5.68. The Hall–Kier alpha value is -1.70. The van der Waals surface area contributed by atoms with E-state index in [0.717, 1.165) is 30.1 Å². The van der Waals surface area contributed by atoms with Gasteiger partial charge in [0.2, 0.25) is 0 Å². The fraction of sp³-hybridized carbons (Fsp3) is 0.636. The smallest absolute Gasteiger partial charge is 0.267 e. The van der Waals surface area contributed by atoms with Crippen molar-refractivity contribution in [3.63, 3.8) is 0 Å². The molecule has 1 atom stereocenters. The Morgan fingerprint density at radius 2 is 2.32 bits per heavy atom. The van der Waals surface area contributed by atoms with Gasteiger partial charge in [-0.2, -0.15) is 0 Å². The van der Waals surface area contributed by atoms with Gasteiger partial charge in [-0.05, 0) is 18.0 Å². The molecule has 1 amide bonds. The van der Waals surface area contributed by atoms with E-state index in [4.69, 9.17) is 10.9 Å². The third-order valence-corrected chi connectivity index (χ3v) is 3.51. The van der Waals surface area contributed by atoms with Gasteiger partial charge in [0.05, 0.1) is 5.69 Å². The van der Waals surface area contributed by atoms with Crippen molar-refractivity contribution in [2.24, 2.45) is 16.8 Å². The van der Waals surface area contributed by atoms with Crippen molar-refractivity contribution in [2.75, 3.05) is 13.6 Å². The van der Waals surface area contributed by atoms with Crippen molar-refractivity contribution >= 4 is 23.3 Å². The van der Waals surface area contributed by atoms with Crippen LogP contribution in [0, 0.1) is 5.92 Å². The highest BCUT2D eigenvalue weighted by Gasteiger charge is 2.21. The number of hydrogen-bond acceptors (Lipinski definition) is 6. The number of nitrogens with zero attached hydrogens (tertiary/aromatic N) is 4. The van der Waals surface area contributed by atoms with Crippen LogP contribution in [0.1, 0.15) is 35.6 Å². The van der Waals surface area contributed by atoms with Crippen LogP contribution in [0.5, 0.6) is 0 Å². The highest BCUT2D eigenvalue weighted by atomic mass is 32.1. The lowest BCUT2D eigenvalue weighted by atomic mass is 10.1. The summed E-state index contributed by atoms with van der Waals surface area (Å²) in [6.07, 6.45) is 1.65. The van der Waals surface area contributed by atoms with Crippen LogP contribution in [0.15, 0.2) is 5.16 Å². The van der Waals surface area contributed by atoms with Gasteiger partial charge in [0, 0.05) is 19.5 Å². The minimum absolute atomic E-state index is 0.107. The molecule has 0 aromatic carbocycles. The largest absolute Gasteiger partial charge is 0.409 e. The summed E-state index contributed by atoms with van der Waals surface area (Å²) in [5.41, 5.74) is 6.24. The molecule has 1 aromatic heterocycles. The first-order chi connectivity index (χ1) is 9.01. The molecule has 0 saturated carbocycles. The molecule has 7 nitrogen and oxygen atoms in total. The molecule has 19 heavy (non-hydrogen) atoms. The third kappa shape index (κ3) is 3.88. The Bertz CT molecular complexity index is 460. The van der Waals surface area contributed by atoms with Crippen LogP contribution >= 0.6 is 11.5 Å². The molecule has 106 valence electrons. The van der Waals surface area contributed by atoms with E-state index in [1.807, 2.05) is 6.92 Å². The topological polar surface area (TPSA) is 105 Å². The predicted octanol–water partition coefficient (Wildman–Crippen LogP) is 0.945. The van der Waals surface area contributed by atoms with E-state index in [-0.39, 0.29) is 17.7 Å². The second-order valence-electron chi connectivity index (χ2n) is 4.41. The first-order valence-electron chi connectivity index (χ1n) is 6.05. The number of amides is 1. The van der Waals surface area contributed by atoms with E-state index < -0.39 is 0 Å². The average molecular weight is 285 g/mol. The average Bonchev–Trinajstić information content (AvgIpc) is 2.85. The van der Waals surface area contributed by atoms with Gasteiger partial charge in [-0.15, -0.1) is 5.10 Å². The van der Waals surface area contributed by atoms with Crippen molar-refractivity contribution < 1.29 is 10.0 Å². The van der Waals surface area contributed by atoms with Gasteiger partial charge in [0.15, 0.2) is 0 Å². The van der Waals surface area contributed by atoms with Gasteiger partial charge in [-0.1, -0.05) is 29.9 Å². The highest BCUT2D eigenvalue weighted by molar-refractivity contribution is 7.07. The molecule has 0 radical (unpaired) electrons. The lowest BCUT2D eigenvalue weighted by molar-refractivity contribution is 0.0789. The minimum Gasteiger partial charge on any atom is -0.409 e. The van der Waals surface area contributed by atoms with E-state index in [2.05, 4.69) is 14.7 Å². The van der Waals surface area contributed by atoms with Crippen molar-refractivity contribution in [3.8, 4) is 0 Å². The Balaban J connectivity index is 2.74. The Labute approximate surface area is 116 Å². The molecule has 0 aliphatic heterocycles. The van der Waals surface area contributed by atoms with Crippen LogP contribution in [0.25, 0.3) is 0 Å². The number of rotatable bonds is 6. The summed E-state index contributed by atoms with van der Waals surface area (Å²) in [7, 11) is 1.68. The first-order valence-corrected chi connectivity index (χ1v) is 6.82. The van der Waals surface area contributed by atoms with Crippen molar-refractivity contribution in [2.45, 2.75) is 26.7 Å². The molecule has 1 aromatic rings. The van der Waals surface area contributed by atoms with Crippen LogP contribution < -0.4 is 5.73 Å². The zero-order chi connectivity index (χ0) is 14.4. The van der Waals surface area contributed by atoms with Gasteiger partial charge in [-0.3, -0.25) is 4.79 Å². The van der Waals surface area contributed by atoms with Crippen molar-refractivity contribution in [1.29, 1.82) is 0 Å². The van der Waals surface area contributed by atoms with Gasteiger partial charge >= 0.3 is 0 Å². The molecule has 0 bridgehead atoms. The van der Waals surface area contributed by atoms with Gasteiger partial charge < -0.3 is 15.8 Å². The maximum absolute atomic E-state index is 12.3. The maximum Gasteiger partial charge on any atom is 0.267 e. The molecule has 0 aliphatic rings. The monoisotopic (exact) mass is 285 g/mol. The number of carbonyl (C=O) groups excluding carboxylic acids is 1. The molecule has 0 saturated heterocycles. The molecule has 0 spiro atoms. The zero-order valence-corrected chi connectivity index (χ0v) is 12.1. The maximum atomic E-state index is 12.3. The number of hydrogen-bond donors (Lipinski definition) is 2. The molecule has 0 fully saturated rings.